The minimum Gasteiger partial charge on any atom is -0.467 e. The second-order valence-electron chi connectivity index (χ2n) is 8.38. The van der Waals surface area contributed by atoms with Crippen molar-refractivity contribution < 1.29 is 9.21 Å². The number of hydrogen-bond acceptors (Lipinski definition) is 6. The second kappa shape index (κ2) is 8.98. The van der Waals surface area contributed by atoms with Gasteiger partial charge in [0.15, 0.2) is 5.16 Å². The summed E-state index contributed by atoms with van der Waals surface area (Å²) in [5.74, 6) is 1.90. The molecule has 3 aromatic rings. The molecule has 0 bridgehead atoms. The predicted molar refractivity (Wildman–Crippen MR) is 121 cm³/mol. The number of carbonyl (C=O) groups is 1. The highest BCUT2D eigenvalue weighted by molar-refractivity contribution is 7.99. The molecule has 1 atom stereocenters. The number of aromatic nitrogens is 2. The topological polar surface area (TPSA) is 77.1 Å². The van der Waals surface area contributed by atoms with Crippen molar-refractivity contribution in [1.29, 1.82) is 0 Å². The van der Waals surface area contributed by atoms with Gasteiger partial charge in [0.05, 0.1) is 23.9 Å². The molecule has 0 saturated carbocycles. The molecule has 0 spiro atoms. The van der Waals surface area contributed by atoms with Crippen LogP contribution in [-0.4, -0.2) is 27.8 Å². The lowest BCUT2D eigenvalue weighted by molar-refractivity contribution is -0.118. The molecule has 3 heterocycles. The quantitative estimate of drug-likeness (QED) is 0.438. The van der Waals surface area contributed by atoms with Crippen LogP contribution in [0.2, 0.25) is 0 Å². The van der Waals surface area contributed by atoms with E-state index in [2.05, 4.69) is 26.1 Å². The van der Waals surface area contributed by atoms with E-state index in [1.165, 1.54) is 22.2 Å². The van der Waals surface area contributed by atoms with Gasteiger partial charge in [-0.2, -0.15) is 0 Å². The number of thioether (sulfide) groups is 1. The SMILES string of the molecule is CC(C)CNC(=O)CSc1nc2sc3c(c2c(=O)n1Cc1ccco1)CCC(C)C3. The van der Waals surface area contributed by atoms with Crippen LogP contribution in [0, 0.1) is 11.8 Å². The van der Waals surface area contributed by atoms with Crippen LogP contribution in [0.1, 0.15) is 43.4 Å². The van der Waals surface area contributed by atoms with Crippen LogP contribution in [0.4, 0.5) is 0 Å². The molecule has 1 aliphatic rings. The van der Waals surface area contributed by atoms with Crippen molar-refractivity contribution in [3.05, 3.63) is 45.0 Å². The maximum atomic E-state index is 13.5. The van der Waals surface area contributed by atoms with Crippen molar-refractivity contribution >= 4 is 39.2 Å². The molecule has 0 aromatic carbocycles. The second-order valence-corrected chi connectivity index (χ2v) is 10.4. The molecule has 1 unspecified atom stereocenters. The highest BCUT2D eigenvalue weighted by atomic mass is 32.2. The fraction of sp³-hybridized carbons (Fsp3) is 0.500. The number of furan rings is 1. The highest BCUT2D eigenvalue weighted by Gasteiger charge is 2.25. The fourth-order valence-corrected chi connectivity index (χ4v) is 5.96. The number of thiophene rings is 1. The minimum absolute atomic E-state index is 0.0338. The molecule has 1 N–H and O–H groups in total. The molecular formula is C22H27N3O3S2. The first-order valence-corrected chi connectivity index (χ1v) is 12.2. The molecule has 0 fully saturated rings. The van der Waals surface area contributed by atoms with Crippen molar-refractivity contribution in [2.45, 2.75) is 51.7 Å². The zero-order chi connectivity index (χ0) is 21.3. The summed E-state index contributed by atoms with van der Waals surface area (Å²) in [4.78, 5) is 32.7. The molecule has 6 nitrogen and oxygen atoms in total. The van der Waals surface area contributed by atoms with Gasteiger partial charge in [-0.3, -0.25) is 14.2 Å². The standard InChI is InChI=1S/C22H27N3O3S2/c1-13(2)10-23-18(26)12-29-22-24-20-19(16-7-6-14(3)9-17(16)30-20)21(27)25(22)11-15-5-4-8-28-15/h4-5,8,13-14H,6-7,9-12H2,1-3H3,(H,23,26). The Hall–Kier alpha value is -2.06. The first-order chi connectivity index (χ1) is 14.4. The molecule has 8 heteroatoms. The van der Waals surface area contributed by atoms with Gasteiger partial charge in [-0.15, -0.1) is 11.3 Å². The molecule has 30 heavy (non-hydrogen) atoms. The molecule has 0 saturated heterocycles. The van der Waals surface area contributed by atoms with Crippen molar-refractivity contribution in [3.63, 3.8) is 0 Å². The van der Waals surface area contributed by atoms with Crippen molar-refractivity contribution in [1.82, 2.24) is 14.9 Å². The molecule has 1 aliphatic carbocycles. The largest absolute Gasteiger partial charge is 0.467 e. The van der Waals surface area contributed by atoms with Crippen molar-refractivity contribution in [3.8, 4) is 0 Å². The van der Waals surface area contributed by atoms with Crippen LogP contribution in [0.25, 0.3) is 10.2 Å². The molecule has 0 aliphatic heterocycles. The third-order valence-electron chi connectivity index (χ3n) is 5.31. The van der Waals surface area contributed by atoms with E-state index in [1.807, 2.05) is 12.1 Å². The van der Waals surface area contributed by atoms with E-state index in [-0.39, 0.29) is 17.2 Å². The molecule has 4 rings (SSSR count). The maximum absolute atomic E-state index is 13.5. The highest BCUT2D eigenvalue weighted by Crippen LogP contribution is 2.36. The minimum atomic E-state index is -0.0492. The number of carbonyl (C=O) groups excluding carboxylic acids is 1. The average Bonchev–Trinajstić information content (AvgIpc) is 3.34. The number of fused-ring (bicyclic) bond motifs is 3. The van der Waals surface area contributed by atoms with Crippen LogP contribution in [-0.2, 0) is 24.2 Å². The Kier molecular flexibility index (Phi) is 6.34. The number of amides is 1. The van der Waals surface area contributed by atoms with Gasteiger partial charge in [0.25, 0.3) is 5.56 Å². The van der Waals surface area contributed by atoms with Crippen molar-refractivity contribution in [2.24, 2.45) is 11.8 Å². The van der Waals surface area contributed by atoms with Crippen LogP contribution in [0.5, 0.6) is 0 Å². The first-order valence-electron chi connectivity index (χ1n) is 10.4. The van der Waals surface area contributed by atoms with Gasteiger partial charge in [0.2, 0.25) is 5.91 Å². The Morgan fingerprint density at radius 3 is 3.03 bits per heavy atom. The Morgan fingerprint density at radius 2 is 2.30 bits per heavy atom. The normalized spacial score (nSPS) is 16.2. The van der Waals surface area contributed by atoms with E-state index in [1.54, 1.807) is 22.2 Å². The third kappa shape index (κ3) is 4.49. The lowest BCUT2D eigenvalue weighted by Crippen LogP contribution is -2.29. The lowest BCUT2D eigenvalue weighted by atomic mass is 9.89. The molecule has 160 valence electrons. The van der Waals surface area contributed by atoms with Gasteiger partial charge < -0.3 is 9.73 Å². The van der Waals surface area contributed by atoms with Gasteiger partial charge in [0, 0.05) is 11.4 Å². The summed E-state index contributed by atoms with van der Waals surface area (Å²) >= 11 is 2.94. The molecule has 1 amide bonds. The predicted octanol–water partition coefficient (Wildman–Crippen LogP) is 4.09. The smallest absolute Gasteiger partial charge is 0.263 e. The average molecular weight is 446 g/mol. The molecule has 3 aromatic heterocycles. The third-order valence-corrected chi connectivity index (χ3v) is 7.44. The van der Waals surface area contributed by atoms with Gasteiger partial charge in [0.1, 0.15) is 10.6 Å². The number of hydrogen-bond donors (Lipinski definition) is 1. The number of nitrogens with zero attached hydrogens (tertiary/aromatic N) is 2. The Balaban J connectivity index is 1.70. The maximum Gasteiger partial charge on any atom is 0.263 e. The van der Waals surface area contributed by atoms with Gasteiger partial charge in [-0.1, -0.05) is 32.5 Å². The Bertz CT molecular complexity index is 1100. The summed E-state index contributed by atoms with van der Waals surface area (Å²) in [5, 5.41) is 4.24. The fourth-order valence-electron chi connectivity index (χ4n) is 3.71. The van der Waals surface area contributed by atoms with Gasteiger partial charge in [-0.05, 0) is 48.8 Å². The van der Waals surface area contributed by atoms with Crippen LogP contribution < -0.4 is 10.9 Å². The summed E-state index contributed by atoms with van der Waals surface area (Å²) < 4.78 is 7.14. The van der Waals surface area contributed by atoms with E-state index in [0.717, 1.165) is 29.5 Å². The number of rotatable bonds is 7. The Labute approximate surface area is 184 Å². The summed E-state index contributed by atoms with van der Waals surface area (Å²) in [6.45, 7) is 7.33. The number of nitrogens with one attached hydrogen (secondary N) is 1. The monoisotopic (exact) mass is 445 g/mol. The van der Waals surface area contributed by atoms with E-state index in [4.69, 9.17) is 9.40 Å². The summed E-state index contributed by atoms with van der Waals surface area (Å²) in [6.07, 6.45) is 4.64. The van der Waals surface area contributed by atoms with Crippen LogP contribution in [0.3, 0.4) is 0 Å². The number of aryl methyl sites for hydroxylation is 1. The Morgan fingerprint density at radius 1 is 1.47 bits per heavy atom. The van der Waals surface area contributed by atoms with E-state index in [9.17, 15) is 9.59 Å². The summed E-state index contributed by atoms with van der Waals surface area (Å²) in [6, 6.07) is 3.66. The van der Waals surface area contributed by atoms with E-state index >= 15 is 0 Å². The zero-order valence-corrected chi connectivity index (χ0v) is 19.2. The summed E-state index contributed by atoms with van der Waals surface area (Å²) in [7, 11) is 0. The summed E-state index contributed by atoms with van der Waals surface area (Å²) in [5.41, 5.74) is 1.14. The van der Waals surface area contributed by atoms with Crippen LogP contribution >= 0.6 is 23.1 Å². The zero-order valence-electron chi connectivity index (χ0n) is 17.6. The van der Waals surface area contributed by atoms with E-state index < -0.39 is 0 Å². The van der Waals surface area contributed by atoms with Crippen molar-refractivity contribution in [2.75, 3.05) is 12.3 Å². The first kappa shape index (κ1) is 21.2. The molecule has 0 radical (unpaired) electrons. The van der Waals surface area contributed by atoms with Crippen LogP contribution in [0.15, 0.2) is 32.8 Å². The lowest BCUT2D eigenvalue weighted by Gasteiger charge is -2.17. The van der Waals surface area contributed by atoms with E-state index in [0.29, 0.717) is 35.8 Å². The molecular weight excluding hydrogens is 418 g/mol. The van der Waals surface area contributed by atoms with Gasteiger partial charge >= 0.3 is 0 Å². The van der Waals surface area contributed by atoms with Gasteiger partial charge in [-0.25, -0.2) is 4.98 Å².